The molecule has 0 bridgehead atoms. The highest BCUT2D eigenvalue weighted by Gasteiger charge is 2.52. The highest BCUT2D eigenvalue weighted by Crippen LogP contribution is 2.48. The van der Waals surface area contributed by atoms with E-state index in [2.05, 4.69) is 117 Å². The van der Waals surface area contributed by atoms with E-state index in [0.717, 1.165) is 172 Å². The zero-order chi connectivity index (χ0) is 76.2. The molecule has 1 fully saturated rings. The normalized spacial score (nSPS) is 16.2. The number of benzene rings is 3. The van der Waals surface area contributed by atoms with Crippen molar-refractivity contribution in [3.63, 3.8) is 0 Å². The predicted octanol–water partition coefficient (Wildman–Crippen LogP) is 19.2. The van der Waals surface area contributed by atoms with Crippen molar-refractivity contribution in [1.82, 2.24) is 15.0 Å². The number of aromatic nitrogens is 3. The van der Waals surface area contributed by atoms with Crippen LogP contribution in [-0.2, 0) is 61.9 Å². The molecule has 9 aromatic rings. The molecule has 0 saturated carbocycles. The molecule has 3 aromatic carbocycles. The number of fused-ring (bicyclic) bond motifs is 6. The van der Waals surface area contributed by atoms with Crippen LogP contribution < -0.4 is 19.7 Å². The fourth-order valence-electron chi connectivity index (χ4n) is 14.2. The van der Waals surface area contributed by atoms with Crippen LogP contribution in [0.3, 0.4) is 0 Å². The van der Waals surface area contributed by atoms with Gasteiger partial charge in [0.25, 0.3) is 0 Å². The number of ether oxygens (including phenoxy) is 7. The molecule has 0 radical (unpaired) electrons. The summed E-state index contributed by atoms with van der Waals surface area (Å²) in [6.45, 7) is 47.9. The molecule has 0 unspecified atom stereocenters. The van der Waals surface area contributed by atoms with Crippen molar-refractivity contribution in [3.05, 3.63) is 142 Å². The minimum atomic E-state index is -1.11. The first-order valence-electron chi connectivity index (χ1n) is 36.0. The third-order valence-corrected chi connectivity index (χ3v) is 22.5. The van der Waals surface area contributed by atoms with Crippen LogP contribution in [0.15, 0.2) is 54.6 Å². The van der Waals surface area contributed by atoms with Crippen molar-refractivity contribution >= 4 is 95.1 Å². The van der Waals surface area contributed by atoms with Crippen LogP contribution in [0.4, 0.5) is 0 Å². The summed E-state index contributed by atoms with van der Waals surface area (Å²) in [7, 11) is 1.10. The van der Waals surface area contributed by atoms with E-state index < -0.39 is 53.0 Å². The van der Waals surface area contributed by atoms with Crippen molar-refractivity contribution in [2.24, 2.45) is 0 Å². The molecule has 13 rings (SSSR count). The fraction of sp³-hybridized carbons (Fsp3) is 0.494. The molecule has 6 aromatic heterocycles. The number of hydrogen-bond acceptors (Lipinski definition) is 18. The van der Waals surface area contributed by atoms with Gasteiger partial charge >= 0.3 is 25.0 Å². The molecule has 4 aliphatic rings. The Morgan fingerprint density at radius 1 is 0.471 bits per heavy atom. The van der Waals surface area contributed by atoms with Gasteiger partial charge in [0, 0.05) is 75.7 Å². The highest BCUT2D eigenvalue weighted by atomic mass is 32.1. The number of carboxylic acids is 2. The topological polar surface area (TPSA) is 213 Å². The molecule has 21 heteroatoms. The number of rotatable bonds is 12. The number of hydrogen-bond donors (Lipinski definition) is 2. The lowest BCUT2D eigenvalue weighted by atomic mass is 9.74. The third-order valence-electron chi connectivity index (χ3n) is 19.7. The predicted molar refractivity (Wildman–Crippen MR) is 419 cm³/mol. The van der Waals surface area contributed by atoms with Crippen LogP contribution in [0.5, 0.6) is 17.2 Å². The summed E-state index contributed by atoms with van der Waals surface area (Å²) >= 11 is 4.92. The van der Waals surface area contributed by atoms with Gasteiger partial charge in [0.2, 0.25) is 0 Å². The molecule has 0 aliphatic carbocycles. The summed E-state index contributed by atoms with van der Waals surface area (Å²) in [5.74, 6) is 0.470. The van der Waals surface area contributed by atoms with Gasteiger partial charge in [-0.05, 0) is 290 Å². The lowest BCUT2D eigenvalue weighted by Gasteiger charge is -2.32. The van der Waals surface area contributed by atoms with E-state index in [-0.39, 0.29) is 18.3 Å². The molecule has 1 saturated heterocycles. The summed E-state index contributed by atoms with van der Waals surface area (Å²) in [4.78, 5) is 57.6. The summed E-state index contributed by atoms with van der Waals surface area (Å²) in [5, 5.41) is 23.3. The fourth-order valence-corrected chi connectivity index (χ4v) is 17.0. The van der Waals surface area contributed by atoms with Gasteiger partial charge in [-0.25, -0.2) is 29.3 Å². The average molecular weight is 1470 g/mol. The van der Waals surface area contributed by atoms with Crippen molar-refractivity contribution in [1.29, 1.82) is 0 Å². The Kier molecular flexibility index (Phi) is 23.5. The van der Waals surface area contributed by atoms with Crippen LogP contribution >= 0.6 is 34.0 Å². The van der Waals surface area contributed by atoms with Gasteiger partial charge in [-0.1, -0.05) is 18.2 Å². The molecular formula is C83H104BN3O14S3. The van der Waals surface area contributed by atoms with E-state index in [0.29, 0.717) is 22.5 Å². The van der Waals surface area contributed by atoms with E-state index in [9.17, 15) is 24.6 Å². The Labute approximate surface area is 625 Å². The second kappa shape index (κ2) is 30.9. The van der Waals surface area contributed by atoms with Crippen LogP contribution in [0.1, 0.15) is 215 Å². The van der Waals surface area contributed by atoms with Crippen LogP contribution in [0.25, 0.3) is 52.9 Å². The van der Waals surface area contributed by atoms with Gasteiger partial charge in [-0.3, -0.25) is 0 Å². The molecule has 2 N–H and O–H groups in total. The Morgan fingerprint density at radius 3 is 1.17 bits per heavy atom. The number of pyridine rings is 3. The summed E-state index contributed by atoms with van der Waals surface area (Å²) in [6, 6.07) is 18.6. The van der Waals surface area contributed by atoms with Crippen molar-refractivity contribution in [2.75, 3.05) is 26.9 Å². The first-order valence-corrected chi connectivity index (χ1v) is 38.4. The molecular weight excluding hydrogens is 1370 g/mol. The zero-order valence-electron chi connectivity index (χ0n) is 65.2. The molecule has 0 spiro atoms. The standard InChI is InChI=1S/2C25H29NO4S.C17H23NO3S.C16H23BO3/c2*1-13-12-18-21(17-9-10-19-16(14(17)2)8-7-11-29-19)20(15(3)26-23(18)31-13)22(24(27)28)30-25(4,5)6;1-9-8-12-10(2)13(11(3)18-15(12)22-9)14(16(19)20-7)21-17(4,5)6;1-11-12-7-6-10-18-14(12)9-8-13(11)17-19-15(2,3)16(4,5)20-17/h2*9-10,12,22H,7-8,11H2,1-6H3,(H,27,28);8,14H,1-7H3;8-9H,6-7,10H2,1-5H3/t2*22-;14-;/m000./s1. The Bertz CT molecular complexity index is 4550. The van der Waals surface area contributed by atoms with Gasteiger partial charge in [0.05, 0.1) is 54.9 Å². The molecule has 3 atom stereocenters. The molecule has 10 heterocycles. The first-order chi connectivity index (χ1) is 48.6. The van der Waals surface area contributed by atoms with Crippen molar-refractivity contribution < 1.29 is 67.1 Å². The maximum atomic E-state index is 12.4. The van der Waals surface area contributed by atoms with Gasteiger partial charge in [0.1, 0.15) is 31.7 Å². The van der Waals surface area contributed by atoms with E-state index >= 15 is 0 Å². The van der Waals surface area contributed by atoms with E-state index in [4.69, 9.17) is 52.4 Å². The number of methoxy groups -OCH3 is 1. The smallest absolute Gasteiger partial charge is 0.493 e. The van der Waals surface area contributed by atoms with E-state index in [1.165, 1.54) is 34.2 Å². The van der Waals surface area contributed by atoms with E-state index in [1.807, 2.05) is 102 Å². The minimum Gasteiger partial charge on any atom is -0.493 e. The second-order valence-electron chi connectivity index (χ2n) is 31.6. The van der Waals surface area contributed by atoms with Crippen LogP contribution in [0.2, 0.25) is 0 Å². The lowest BCUT2D eigenvalue weighted by molar-refractivity contribution is -0.164. The molecule has 4 aliphatic heterocycles. The third kappa shape index (κ3) is 17.1. The number of aryl methyl sites for hydroxylation is 7. The SMILES string of the molecule is COC(=O)[C@@H](OC(C)(C)C)c1c(C)nc2sc(C)cc2c1C.Cc1c(B2OC(C)(C)C(C)(C)O2)ccc2c1CCCO2.Cc1cc2c(-c3ccc4c(c3C)CCCO4)c([C@H](OC(C)(C)C)C(=O)O)c(C)nc2s1.Cc1cc2c(-c3ccc4c(c3C)CCCO4)c([C@H](OC(C)(C)C)C(=O)O)c(C)nc2s1. The summed E-state index contributed by atoms with van der Waals surface area (Å²) in [6.07, 6.45) is 3.06. The van der Waals surface area contributed by atoms with Crippen molar-refractivity contribution in [3.8, 4) is 39.5 Å². The van der Waals surface area contributed by atoms with Crippen molar-refractivity contribution in [2.45, 2.75) is 244 Å². The Hall–Kier alpha value is -7.34. The van der Waals surface area contributed by atoms with Gasteiger partial charge in [-0.15, -0.1) is 34.0 Å². The number of carbonyl (C=O) groups excluding carboxylic acids is 1. The summed E-state index contributed by atoms with van der Waals surface area (Å²) < 4.78 is 52.9. The first kappa shape index (κ1) is 79.2. The van der Waals surface area contributed by atoms with Crippen LogP contribution in [-0.4, -0.2) is 105 Å². The molecule has 17 nitrogen and oxygen atoms in total. The number of carbonyl (C=O) groups is 3. The largest absolute Gasteiger partial charge is 0.495 e. The average Bonchev–Trinajstić information content (AvgIpc) is 1.11. The van der Waals surface area contributed by atoms with Gasteiger partial charge < -0.3 is 52.7 Å². The Balaban J connectivity index is 0.000000151. The maximum absolute atomic E-state index is 12.4. The number of esters is 1. The van der Waals surface area contributed by atoms with Gasteiger partial charge in [-0.2, -0.15) is 0 Å². The highest BCUT2D eigenvalue weighted by molar-refractivity contribution is 7.19. The number of thiophene rings is 3. The minimum absolute atomic E-state index is 0.285. The molecule has 556 valence electrons. The zero-order valence-corrected chi connectivity index (χ0v) is 67.7. The second-order valence-corrected chi connectivity index (χ2v) is 35.3. The lowest BCUT2D eigenvalue weighted by Crippen LogP contribution is -2.41. The monoisotopic (exact) mass is 1470 g/mol. The van der Waals surface area contributed by atoms with E-state index in [1.54, 1.807) is 34.0 Å². The number of carboxylic acid groups (broad SMARTS) is 2. The molecule has 0 amide bonds. The van der Waals surface area contributed by atoms with Crippen LogP contribution in [0, 0.1) is 69.2 Å². The number of nitrogens with zero attached hydrogens (tertiary/aromatic N) is 3. The molecule has 104 heavy (non-hydrogen) atoms. The quantitative estimate of drug-likeness (QED) is 0.0859. The van der Waals surface area contributed by atoms with Gasteiger partial charge in [0.15, 0.2) is 18.3 Å². The Morgan fingerprint density at radius 2 is 0.808 bits per heavy atom. The maximum Gasteiger partial charge on any atom is 0.495 e. The number of aliphatic carboxylic acids is 2. The summed E-state index contributed by atoms with van der Waals surface area (Å²) in [5.41, 5.74) is 15.2.